The van der Waals surface area contributed by atoms with Crippen molar-refractivity contribution in [3.05, 3.63) is 35.9 Å². The zero-order valence-electron chi connectivity index (χ0n) is 11.6. The normalized spacial score (nSPS) is 13.8. The van der Waals surface area contributed by atoms with E-state index in [-0.39, 0.29) is 24.5 Å². The molecule has 1 aromatic carbocycles. The lowest BCUT2D eigenvalue weighted by Gasteiger charge is -2.17. The van der Waals surface area contributed by atoms with Gasteiger partial charge in [0.05, 0.1) is 12.5 Å². The molecule has 0 amide bonds. The summed E-state index contributed by atoms with van der Waals surface area (Å²) in [4.78, 5) is 11.8. The maximum absolute atomic E-state index is 11.8. The number of carbonyl (C=O) groups excluding carboxylic acids is 1. The van der Waals surface area contributed by atoms with Crippen molar-refractivity contribution in [2.24, 2.45) is 5.92 Å². The quantitative estimate of drug-likeness (QED) is 0.703. The topological polar surface area (TPSA) is 58.6 Å². The zero-order valence-corrected chi connectivity index (χ0v) is 11.6. The van der Waals surface area contributed by atoms with Crippen molar-refractivity contribution in [1.29, 1.82) is 0 Å². The van der Waals surface area contributed by atoms with E-state index >= 15 is 0 Å². The van der Waals surface area contributed by atoms with Gasteiger partial charge in [-0.1, -0.05) is 44.2 Å². The molecule has 2 N–H and O–H groups in total. The first kappa shape index (κ1) is 15.7. The summed E-state index contributed by atoms with van der Waals surface area (Å²) in [5.74, 6) is -0.437. The van der Waals surface area contributed by atoms with Gasteiger partial charge in [0.1, 0.15) is 6.61 Å². The summed E-state index contributed by atoms with van der Waals surface area (Å²) in [6, 6.07) is 9.66. The molecule has 4 nitrogen and oxygen atoms in total. The second kappa shape index (κ2) is 8.67. The van der Waals surface area contributed by atoms with Crippen LogP contribution >= 0.6 is 0 Å². The number of benzene rings is 1. The summed E-state index contributed by atoms with van der Waals surface area (Å²) >= 11 is 0. The first-order chi connectivity index (χ1) is 9.17. The summed E-state index contributed by atoms with van der Waals surface area (Å²) in [7, 11) is 0. The summed E-state index contributed by atoms with van der Waals surface area (Å²) in [5.41, 5.74) is 0.984. The monoisotopic (exact) mass is 265 g/mol. The van der Waals surface area contributed by atoms with Crippen LogP contribution in [0.25, 0.3) is 0 Å². The van der Waals surface area contributed by atoms with Crippen LogP contribution in [0, 0.1) is 5.92 Å². The number of aliphatic hydroxyl groups is 1. The molecule has 0 saturated heterocycles. The predicted octanol–water partition coefficient (Wildman–Crippen LogP) is 1.73. The zero-order chi connectivity index (χ0) is 14.1. The van der Waals surface area contributed by atoms with Crippen molar-refractivity contribution in [3.63, 3.8) is 0 Å². The van der Waals surface area contributed by atoms with Gasteiger partial charge in [-0.15, -0.1) is 0 Å². The lowest BCUT2D eigenvalue weighted by molar-refractivity contribution is -0.149. The second-order valence-electron chi connectivity index (χ2n) is 4.69. The van der Waals surface area contributed by atoms with Crippen molar-refractivity contribution < 1.29 is 14.6 Å². The van der Waals surface area contributed by atoms with Crippen molar-refractivity contribution in [2.75, 3.05) is 13.2 Å². The molecule has 0 aromatic heterocycles. The highest BCUT2D eigenvalue weighted by Gasteiger charge is 2.15. The first-order valence-electron chi connectivity index (χ1n) is 6.72. The molecular weight excluding hydrogens is 242 g/mol. The Morgan fingerprint density at radius 3 is 2.63 bits per heavy atom. The minimum atomic E-state index is -0.218. The van der Waals surface area contributed by atoms with Crippen molar-refractivity contribution in [3.8, 4) is 0 Å². The largest absolute Gasteiger partial charge is 0.461 e. The van der Waals surface area contributed by atoms with Gasteiger partial charge < -0.3 is 15.2 Å². The third kappa shape index (κ3) is 5.85. The van der Waals surface area contributed by atoms with E-state index in [4.69, 9.17) is 9.84 Å². The summed E-state index contributed by atoms with van der Waals surface area (Å²) in [6.45, 7) is 4.73. The average molecular weight is 265 g/mol. The van der Waals surface area contributed by atoms with Gasteiger partial charge in [-0.2, -0.15) is 0 Å². The molecule has 0 aliphatic rings. The molecule has 4 heteroatoms. The fourth-order valence-electron chi connectivity index (χ4n) is 1.64. The molecule has 19 heavy (non-hydrogen) atoms. The Morgan fingerprint density at radius 1 is 1.37 bits per heavy atom. The molecule has 0 aliphatic carbocycles. The molecule has 0 aliphatic heterocycles. The highest BCUT2D eigenvalue weighted by Crippen LogP contribution is 2.04. The predicted molar refractivity (Wildman–Crippen MR) is 74.6 cm³/mol. The molecule has 0 radical (unpaired) electrons. The highest BCUT2D eigenvalue weighted by molar-refractivity contribution is 5.72. The maximum Gasteiger partial charge on any atom is 0.310 e. The minimum Gasteiger partial charge on any atom is -0.461 e. The SMILES string of the molecule is CCC(CO)NCC(C)C(=O)OCc1ccccc1. The molecule has 0 fully saturated rings. The second-order valence-corrected chi connectivity index (χ2v) is 4.69. The fraction of sp³-hybridized carbons (Fsp3) is 0.533. The van der Waals surface area contributed by atoms with Crippen LogP contribution in [-0.4, -0.2) is 30.3 Å². The molecule has 2 atom stereocenters. The number of hydrogen-bond donors (Lipinski definition) is 2. The number of nitrogens with one attached hydrogen (secondary N) is 1. The van der Waals surface area contributed by atoms with Gasteiger partial charge in [-0.3, -0.25) is 4.79 Å². The van der Waals surface area contributed by atoms with E-state index in [0.29, 0.717) is 13.2 Å². The van der Waals surface area contributed by atoms with Crippen LogP contribution in [0.1, 0.15) is 25.8 Å². The Morgan fingerprint density at radius 2 is 2.05 bits per heavy atom. The number of ether oxygens (including phenoxy) is 1. The van der Waals surface area contributed by atoms with E-state index in [9.17, 15) is 4.79 Å². The number of rotatable bonds is 8. The van der Waals surface area contributed by atoms with Crippen LogP contribution < -0.4 is 5.32 Å². The van der Waals surface area contributed by atoms with Gasteiger partial charge in [-0.25, -0.2) is 0 Å². The van der Waals surface area contributed by atoms with Gasteiger partial charge in [-0.05, 0) is 12.0 Å². The van der Waals surface area contributed by atoms with E-state index in [1.807, 2.05) is 44.2 Å². The van der Waals surface area contributed by atoms with Crippen molar-refractivity contribution in [2.45, 2.75) is 32.9 Å². The lowest BCUT2D eigenvalue weighted by Crippen LogP contribution is -2.37. The molecular formula is C15H23NO3. The Labute approximate surface area is 114 Å². The molecule has 1 aromatic rings. The summed E-state index contributed by atoms with van der Waals surface area (Å²) < 4.78 is 5.25. The van der Waals surface area contributed by atoms with Gasteiger partial charge in [0, 0.05) is 12.6 Å². The van der Waals surface area contributed by atoms with Gasteiger partial charge in [0.2, 0.25) is 0 Å². The first-order valence-corrected chi connectivity index (χ1v) is 6.72. The van der Waals surface area contributed by atoms with Crippen LogP contribution in [0.2, 0.25) is 0 Å². The molecule has 0 spiro atoms. The number of carbonyl (C=O) groups is 1. The van der Waals surface area contributed by atoms with E-state index in [1.165, 1.54) is 0 Å². The van der Waals surface area contributed by atoms with Crippen LogP contribution in [-0.2, 0) is 16.1 Å². The minimum absolute atomic E-state index is 0.0457. The van der Waals surface area contributed by atoms with Crippen LogP contribution in [0.4, 0.5) is 0 Å². The Balaban J connectivity index is 2.29. The highest BCUT2D eigenvalue weighted by atomic mass is 16.5. The van der Waals surface area contributed by atoms with Crippen LogP contribution in [0.3, 0.4) is 0 Å². The fourth-order valence-corrected chi connectivity index (χ4v) is 1.64. The Bertz CT molecular complexity index is 363. The van der Waals surface area contributed by atoms with Crippen LogP contribution in [0.5, 0.6) is 0 Å². The van der Waals surface area contributed by atoms with Crippen molar-refractivity contribution >= 4 is 5.97 Å². The number of aliphatic hydroxyl groups excluding tert-OH is 1. The molecule has 0 bridgehead atoms. The molecule has 0 saturated carbocycles. The maximum atomic E-state index is 11.8. The lowest BCUT2D eigenvalue weighted by atomic mass is 10.1. The van der Waals surface area contributed by atoms with E-state index < -0.39 is 0 Å². The van der Waals surface area contributed by atoms with Gasteiger partial charge in [0.25, 0.3) is 0 Å². The summed E-state index contributed by atoms with van der Waals surface area (Å²) in [5, 5.41) is 12.2. The summed E-state index contributed by atoms with van der Waals surface area (Å²) in [6.07, 6.45) is 0.836. The van der Waals surface area contributed by atoms with E-state index in [1.54, 1.807) is 0 Å². The third-order valence-corrected chi connectivity index (χ3v) is 3.05. The standard InChI is InChI=1S/C15H23NO3/c1-3-14(10-17)16-9-12(2)15(18)19-11-13-7-5-4-6-8-13/h4-8,12,14,16-17H,3,9-11H2,1-2H3. The Kier molecular flexibility index (Phi) is 7.15. The van der Waals surface area contributed by atoms with E-state index in [0.717, 1.165) is 12.0 Å². The van der Waals surface area contributed by atoms with Crippen molar-refractivity contribution in [1.82, 2.24) is 5.32 Å². The number of hydrogen-bond acceptors (Lipinski definition) is 4. The smallest absolute Gasteiger partial charge is 0.310 e. The molecule has 0 heterocycles. The van der Waals surface area contributed by atoms with E-state index in [2.05, 4.69) is 5.32 Å². The molecule has 106 valence electrons. The third-order valence-electron chi connectivity index (χ3n) is 3.05. The average Bonchev–Trinajstić information content (AvgIpc) is 2.46. The van der Waals surface area contributed by atoms with Crippen LogP contribution in [0.15, 0.2) is 30.3 Å². The number of esters is 1. The van der Waals surface area contributed by atoms with Gasteiger partial charge in [0.15, 0.2) is 0 Å². The Hall–Kier alpha value is -1.39. The van der Waals surface area contributed by atoms with Gasteiger partial charge >= 0.3 is 5.97 Å². The molecule has 1 rings (SSSR count). The molecule has 2 unspecified atom stereocenters.